The van der Waals surface area contributed by atoms with Crippen LogP contribution in [0.4, 0.5) is 5.69 Å². The molecule has 0 aliphatic carbocycles. The van der Waals surface area contributed by atoms with Crippen LogP contribution in [0.25, 0.3) is 10.9 Å². The first-order valence-corrected chi connectivity index (χ1v) is 10.5. The number of ether oxygens (including phenoxy) is 1. The number of aromatic nitrogens is 1. The fourth-order valence-electron chi connectivity index (χ4n) is 4.32. The SMILES string of the molecule is CCC(=O)Nc1cc([C@H](O)CN2CCc3c([nH]c4ccccc34)[C@H]2C)ccc1OC. The molecule has 2 aromatic carbocycles. The van der Waals surface area contributed by atoms with Crippen molar-refractivity contribution in [1.29, 1.82) is 0 Å². The Morgan fingerprint density at radius 3 is 2.90 bits per heavy atom. The largest absolute Gasteiger partial charge is 0.495 e. The molecule has 30 heavy (non-hydrogen) atoms. The Morgan fingerprint density at radius 1 is 1.33 bits per heavy atom. The summed E-state index contributed by atoms with van der Waals surface area (Å²) in [6, 6.07) is 14.1. The number of β-amino-alcohol motifs (C(OH)–C–C–N with tert-alkyl or cyclic N) is 1. The number of amides is 1. The molecule has 0 bridgehead atoms. The van der Waals surface area contributed by atoms with E-state index in [1.807, 2.05) is 6.07 Å². The van der Waals surface area contributed by atoms with Crippen LogP contribution in [0.5, 0.6) is 5.75 Å². The van der Waals surface area contributed by atoms with Crippen LogP contribution < -0.4 is 10.1 Å². The first-order valence-electron chi connectivity index (χ1n) is 10.5. The molecular formula is C24H29N3O3. The number of H-pyrrole nitrogens is 1. The maximum Gasteiger partial charge on any atom is 0.224 e. The van der Waals surface area contributed by atoms with Crippen molar-refractivity contribution in [3.8, 4) is 5.75 Å². The first-order chi connectivity index (χ1) is 14.5. The number of carbonyl (C=O) groups is 1. The monoisotopic (exact) mass is 407 g/mol. The summed E-state index contributed by atoms with van der Waals surface area (Å²) in [5.41, 5.74) is 5.14. The van der Waals surface area contributed by atoms with Crippen molar-refractivity contribution in [1.82, 2.24) is 9.88 Å². The van der Waals surface area contributed by atoms with Gasteiger partial charge in [0.2, 0.25) is 5.91 Å². The van der Waals surface area contributed by atoms with E-state index in [0.717, 1.165) is 18.5 Å². The molecule has 158 valence electrons. The lowest BCUT2D eigenvalue weighted by Crippen LogP contribution is -2.36. The number of aliphatic hydroxyl groups is 1. The van der Waals surface area contributed by atoms with Gasteiger partial charge in [0.05, 0.1) is 18.9 Å². The number of rotatable bonds is 6. The quantitative estimate of drug-likeness (QED) is 0.573. The lowest BCUT2D eigenvalue weighted by molar-refractivity contribution is -0.115. The van der Waals surface area contributed by atoms with E-state index < -0.39 is 6.10 Å². The molecule has 3 aromatic rings. The van der Waals surface area contributed by atoms with Gasteiger partial charge in [-0.15, -0.1) is 0 Å². The van der Waals surface area contributed by atoms with Crippen LogP contribution in [-0.4, -0.2) is 41.1 Å². The third kappa shape index (κ3) is 3.80. The molecule has 1 amide bonds. The van der Waals surface area contributed by atoms with Gasteiger partial charge in [-0.3, -0.25) is 9.69 Å². The van der Waals surface area contributed by atoms with Crippen molar-refractivity contribution in [2.45, 2.75) is 38.8 Å². The van der Waals surface area contributed by atoms with E-state index in [0.29, 0.717) is 24.4 Å². The number of benzene rings is 2. The number of aromatic amines is 1. The molecular weight excluding hydrogens is 378 g/mol. The number of anilines is 1. The second-order valence-corrected chi connectivity index (χ2v) is 7.86. The van der Waals surface area contributed by atoms with E-state index in [1.54, 1.807) is 26.2 Å². The molecule has 0 spiro atoms. The fraction of sp³-hybridized carbons (Fsp3) is 0.375. The highest BCUT2D eigenvalue weighted by atomic mass is 16.5. The fourth-order valence-corrected chi connectivity index (χ4v) is 4.32. The zero-order chi connectivity index (χ0) is 21.3. The summed E-state index contributed by atoms with van der Waals surface area (Å²) in [4.78, 5) is 17.7. The number of aliphatic hydroxyl groups excluding tert-OH is 1. The van der Waals surface area contributed by atoms with Crippen molar-refractivity contribution in [3.05, 3.63) is 59.3 Å². The molecule has 0 unspecified atom stereocenters. The third-order valence-corrected chi connectivity index (χ3v) is 6.07. The van der Waals surface area contributed by atoms with Gasteiger partial charge in [0.15, 0.2) is 0 Å². The summed E-state index contributed by atoms with van der Waals surface area (Å²) < 4.78 is 5.35. The average molecular weight is 408 g/mol. The Labute approximate surface area is 176 Å². The molecule has 6 heteroatoms. The molecule has 0 fully saturated rings. The van der Waals surface area contributed by atoms with Gasteiger partial charge in [-0.1, -0.05) is 31.2 Å². The van der Waals surface area contributed by atoms with Crippen LogP contribution >= 0.6 is 0 Å². The van der Waals surface area contributed by atoms with Gasteiger partial charge in [-0.2, -0.15) is 0 Å². The van der Waals surface area contributed by atoms with Gasteiger partial charge >= 0.3 is 0 Å². The van der Waals surface area contributed by atoms with Crippen molar-refractivity contribution >= 4 is 22.5 Å². The highest BCUT2D eigenvalue weighted by molar-refractivity contribution is 5.92. The second kappa shape index (κ2) is 8.50. The van der Waals surface area contributed by atoms with E-state index in [-0.39, 0.29) is 11.9 Å². The molecule has 0 radical (unpaired) electrons. The van der Waals surface area contributed by atoms with Gasteiger partial charge in [0.1, 0.15) is 5.75 Å². The van der Waals surface area contributed by atoms with Gasteiger partial charge < -0.3 is 20.1 Å². The second-order valence-electron chi connectivity index (χ2n) is 7.86. The molecule has 1 aliphatic heterocycles. The number of fused-ring (bicyclic) bond motifs is 3. The van der Waals surface area contributed by atoms with E-state index >= 15 is 0 Å². The highest BCUT2D eigenvalue weighted by Crippen LogP contribution is 2.35. The van der Waals surface area contributed by atoms with Crippen LogP contribution in [0.3, 0.4) is 0 Å². The van der Waals surface area contributed by atoms with Crippen molar-refractivity contribution < 1.29 is 14.6 Å². The summed E-state index contributed by atoms with van der Waals surface area (Å²) in [6.45, 7) is 5.39. The number of nitrogens with zero attached hydrogens (tertiary/aromatic N) is 1. The van der Waals surface area contributed by atoms with E-state index in [2.05, 4.69) is 46.4 Å². The van der Waals surface area contributed by atoms with Crippen molar-refractivity contribution in [2.24, 2.45) is 0 Å². The number of nitrogens with one attached hydrogen (secondary N) is 2. The molecule has 6 nitrogen and oxygen atoms in total. The van der Waals surface area contributed by atoms with Crippen LogP contribution in [-0.2, 0) is 11.2 Å². The third-order valence-electron chi connectivity index (χ3n) is 6.07. The summed E-state index contributed by atoms with van der Waals surface area (Å²) in [7, 11) is 1.57. The Hall–Kier alpha value is -2.83. The number of methoxy groups -OCH3 is 1. The molecule has 1 aliphatic rings. The Morgan fingerprint density at radius 2 is 2.13 bits per heavy atom. The minimum atomic E-state index is -0.665. The molecule has 4 rings (SSSR count). The standard InChI is InChI=1S/C24H29N3O3/c1-4-23(29)25-20-13-16(9-10-22(20)30-3)21(28)14-27-12-11-18-17-7-5-6-8-19(17)26-24(18)15(27)2/h5-10,13,15,21,26,28H,4,11-12,14H2,1-3H3,(H,25,29)/t15-,21-/m1/s1. The van der Waals surface area contributed by atoms with Crippen LogP contribution in [0.2, 0.25) is 0 Å². The maximum atomic E-state index is 11.8. The van der Waals surface area contributed by atoms with Crippen molar-refractivity contribution in [2.75, 3.05) is 25.5 Å². The van der Waals surface area contributed by atoms with Gasteiger partial charge in [-0.05, 0) is 42.7 Å². The zero-order valence-electron chi connectivity index (χ0n) is 17.7. The van der Waals surface area contributed by atoms with E-state index in [1.165, 1.54) is 22.2 Å². The number of hydrogen-bond acceptors (Lipinski definition) is 4. The highest BCUT2D eigenvalue weighted by Gasteiger charge is 2.28. The Kier molecular flexibility index (Phi) is 5.79. The first kappa shape index (κ1) is 20.4. The minimum absolute atomic E-state index is 0.0871. The minimum Gasteiger partial charge on any atom is -0.495 e. The summed E-state index contributed by atoms with van der Waals surface area (Å²) in [5, 5.41) is 15.1. The lowest BCUT2D eigenvalue weighted by atomic mass is 9.97. The van der Waals surface area contributed by atoms with Gasteiger partial charge in [-0.25, -0.2) is 0 Å². The van der Waals surface area contributed by atoms with E-state index in [9.17, 15) is 9.90 Å². The number of hydrogen-bond donors (Lipinski definition) is 3. The molecule has 2 atom stereocenters. The number of carbonyl (C=O) groups excluding carboxylic acids is 1. The Balaban J connectivity index is 1.53. The maximum absolute atomic E-state index is 11.8. The van der Waals surface area contributed by atoms with Crippen LogP contribution in [0.1, 0.15) is 49.2 Å². The average Bonchev–Trinajstić information content (AvgIpc) is 3.15. The molecule has 2 heterocycles. The predicted octanol–water partition coefficient (Wildman–Crippen LogP) is 4.18. The molecule has 0 saturated heterocycles. The molecule has 3 N–H and O–H groups in total. The normalized spacial score (nSPS) is 17.5. The smallest absolute Gasteiger partial charge is 0.224 e. The predicted molar refractivity (Wildman–Crippen MR) is 119 cm³/mol. The lowest BCUT2D eigenvalue weighted by Gasteiger charge is -2.35. The molecule has 0 saturated carbocycles. The zero-order valence-corrected chi connectivity index (χ0v) is 17.7. The summed E-state index contributed by atoms with van der Waals surface area (Å²) >= 11 is 0. The van der Waals surface area contributed by atoms with Gasteiger partial charge in [0.25, 0.3) is 0 Å². The van der Waals surface area contributed by atoms with Crippen LogP contribution in [0, 0.1) is 0 Å². The van der Waals surface area contributed by atoms with Gasteiger partial charge in [0, 0.05) is 42.1 Å². The topological polar surface area (TPSA) is 77.6 Å². The Bertz CT molecular complexity index is 1060. The number of para-hydroxylation sites is 1. The van der Waals surface area contributed by atoms with Crippen LogP contribution in [0.15, 0.2) is 42.5 Å². The van der Waals surface area contributed by atoms with E-state index in [4.69, 9.17) is 4.74 Å². The summed E-state index contributed by atoms with van der Waals surface area (Å²) in [6.07, 6.45) is 0.673. The summed E-state index contributed by atoms with van der Waals surface area (Å²) in [5.74, 6) is 0.498. The van der Waals surface area contributed by atoms with Crippen molar-refractivity contribution in [3.63, 3.8) is 0 Å². The molecule has 1 aromatic heterocycles.